The van der Waals surface area contributed by atoms with Crippen LogP contribution in [0.1, 0.15) is 11.4 Å². The molecule has 106 valence electrons. The molecular formula is C12H8ClF4N3. The molecular weight excluding hydrogens is 298 g/mol. The van der Waals surface area contributed by atoms with E-state index in [0.29, 0.717) is 11.3 Å². The van der Waals surface area contributed by atoms with Gasteiger partial charge >= 0.3 is 6.18 Å². The Hall–Kier alpha value is -1.89. The Morgan fingerprint density at radius 2 is 1.85 bits per heavy atom. The van der Waals surface area contributed by atoms with Crippen LogP contribution in [0.4, 0.5) is 29.1 Å². The zero-order chi connectivity index (χ0) is 14.9. The number of aryl methyl sites for hydroxylation is 1. The van der Waals surface area contributed by atoms with Crippen molar-refractivity contribution >= 4 is 23.1 Å². The van der Waals surface area contributed by atoms with Gasteiger partial charge in [0.05, 0.1) is 0 Å². The number of hydrogen-bond acceptors (Lipinski definition) is 3. The van der Waals surface area contributed by atoms with E-state index in [1.165, 1.54) is 25.1 Å². The highest BCUT2D eigenvalue weighted by Gasteiger charge is 2.35. The van der Waals surface area contributed by atoms with Crippen LogP contribution in [0.25, 0.3) is 0 Å². The first-order chi connectivity index (χ1) is 9.25. The molecule has 0 spiro atoms. The topological polar surface area (TPSA) is 37.8 Å². The number of nitrogens with zero attached hydrogens (tertiary/aromatic N) is 2. The summed E-state index contributed by atoms with van der Waals surface area (Å²) in [6.45, 7) is 1.54. The minimum atomic E-state index is -4.69. The van der Waals surface area contributed by atoms with Gasteiger partial charge in [0, 0.05) is 11.8 Å². The molecule has 0 radical (unpaired) electrons. The van der Waals surface area contributed by atoms with Crippen LogP contribution in [0, 0.1) is 12.7 Å². The highest BCUT2D eigenvalue weighted by atomic mass is 35.5. The zero-order valence-electron chi connectivity index (χ0n) is 10.1. The van der Waals surface area contributed by atoms with Crippen molar-refractivity contribution in [3.05, 3.63) is 46.6 Å². The summed E-state index contributed by atoms with van der Waals surface area (Å²) in [4.78, 5) is 6.43. The molecule has 1 aromatic carbocycles. The molecule has 0 aliphatic heterocycles. The smallest absolute Gasteiger partial charge is 0.340 e. The summed E-state index contributed by atoms with van der Waals surface area (Å²) in [6, 6.07) is 5.17. The standard InChI is InChI=1S/C12H8ClF4N3/c1-6-4-7(2-3-8(6)14)18-10-5-9(13)19-11(20-10)12(15,16)17/h2-5H,1H3,(H,18,19,20). The third-order valence-electron chi connectivity index (χ3n) is 2.38. The molecule has 8 heteroatoms. The van der Waals surface area contributed by atoms with Crippen LogP contribution in [0.15, 0.2) is 24.3 Å². The van der Waals surface area contributed by atoms with Gasteiger partial charge in [0.1, 0.15) is 16.8 Å². The molecule has 3 nitrogen and oxygen atoms in total. The van der Waals surface area contributed by atoms with Crippen LogP contribution >= 0.6 is 11.6 Å². The first-order valence-electron chi connectivity index (χ1n) is 5.40. The molecule has 1 heterocycles. The van der Waals surface area contributed by atoms with Crippen molar-refractivity contribution < 1.29 is 17.6 Å². The Morgan fingerprint density at radius 3 is 2.45 bits per heavy atom. The summed E-state index contributed by atoms with van der Waals surface area (Å²) >= 11 is 5.53. The van der Waals surface area contributed by atoms with E-state index in [9.17, 15) is 17.6 Å². The predicted octanol–water partition coefficient (Wildman–Crippen LogP) is 4.34. The fourth-order valence-corrected chi connectivity index (χ4v) is 1.66. The number of rotatable bonds is 2. The quantitative estimate of drug-likeness (QED) is 0.662. The Labute approximate surface area is 116 Å². The van der Waals surface area contributed by atoms with Crippen LogP contribution in [-0.2, 0) is 6.18 Å². The SMILES string of the molecule is Cc1cc(Nc2cc(Cl)nc(C(F)(F)F)n2)ccc1F. The average Bonchev–Trinajstić information content (AvgIpc) is 2.32. The fourth-order valence-electron chi connectivity index (χ4n) is 1.48. The number of alkyl halides is 3. The zero-order valence-corrected chi connectivity index (χ0v) is 10.8. The van der Waals surface area contributed by atoms with E-state index in [-0.39, 0.29) is 11.0 Å². The lowest BCUT2D eigenvalue weighted by Crippen LogP contribution is -2.12. The van der Waals surface area contributed by atoms with E-state index in [1.54, 1.807) is 0 Å². The number of anilines is 2. The number of hydrogen-bond donors (Lipinski definition) is 1. The average molecular weight is 306 g/mol. The van der Waals surface area contributed by atoms with Gasteiger partial charge in [-0.3, -0.25) is 0 Å². The second-order valence-electron chi connectivity index (χ2n) is 3.99. The van der Waals surface area contributed by atoms with Gasteiger partial charge in [-0.2, -0.15) is 13.2 Å². The van der Waals surface area contributed by atoms with Crippen LogP contribution < -0.4 is 5.32 Å². The molecule has 0 fully saturated rings. The van der Waals surface area contributed by atoms with Gasteiger partial charge in [0.25, 0.3) is 0 Å². The minimum Gasteiger partial charge on any atom is -0.340 e. The lowest BCUT2D eigenvalue weighted by Gasteiger charge is -2.10. The first kappa shape index (κ1) is 14.5. The van der Waals surface area contributed by atoms with Gasteiger partial charge in [-0.25, -0.2) is 14.4 Å². The molecule has 0 bridgehead atoms. The van der Waals surface area contributed by atoms with Crippen LogP contribution in [0.3, 0.4) is 0 Å². The van der Waals surface area contributed by atoms with Gasteiger partial charge in [0.15, 0.2) is 0 Å². The van der Waals surface area contributed by atoms with E-state index in [0.717, 1.165) is 6.07 Å². The number of halogens is 5. The lowest BCUT2D eigenvalue weighted by molar-refractivity contribution is -0.144. The summed E-state index contributed by atoms with van der Waals surface area (Å²) in [6.07, 6.45) is -4.69. The van der Waals surface area contributed by atoms with Crippen LogP contribution in [0.5, 0.6) is 0 Å². The van der Waals surface area contributed by atoms with Gasteiger partial charge < -0.3 is 5.32 Å². The van der Waals surface area contributed by atoms with Gasteiger partial charge in [0.2, 0.25) is 5.82 Å². The van der Waals surface area contributed by atoms with E-state index >= 15 is 0 Å². The van der Waals surface area contributed by atoms with Crippen molar-refractivity contribution in [3.8, 4) is 0 Å². The van der Waals surface area contributed by atoms with Crippen molar-refractivity contribution in [3.63, 3.8) is 0 Å². The molecule has 0 saturated heterocycles. The van der Waals surface area contributed by atoms with Crippen molar-refractivity contribution in [2.75, 3.05) is 5.32 Å². The molecule has 0 aliphatic rings. The largest absolute Gasteiger partial charge is 0.451 e. The van der Waals surface area contributed by atoms with Crippen molar-refractivity contribution in [2.24, 2.45) is 0 Å². The lowest BCUT2D eigenvalue weighted by atomic mass is 10.2. The molecule has 0 atom stereocenters. The molecule has 1 N–H and O–H groups in total. The van der Waals surface area contributed by atoms with E-state index in [4.69, 9.17) is 11.6 Å². The van der Waals surface area contributed by atoms with Crippen LogP contribution in [0.2, 0.25) is 5.15 Å². The third-order valence-corrected chi connectivity index (χ3v) is 2.57. The molecule has 0 amide bonds. The van der Waals surface area contributed by atoms with E-state index < -0.39 is 17.8 Å². The Morgan fingerprint density at radius 1 is 1.15 bits per heavy atom. The minimum absolute atomic E-state index is 0.122. The molecule has 2 aromatic rings. The van der Waals surface area contributed by atoms with Gasteiger partial charge in [-0.15, -0.1) is 0 Å². The highest BCUT2D eigenvalue weighted by molar-refractivity contribution is 6.29. The monoisotopic (exact) mass is 305 g/mol. The molecule has 0 unspecified atom stereocenters. The molecule has 0 aliphatic carbocycles. The highest BCUT2D eigenvalue weighted by Crippen LogP contribution is 2.29. The summed E-state index contributed by atoms with van der Waals surface area (Å²) in [5.41, 5.74) is 0.748. The third kappa shape index (κ3) is 3.36. The predicted molar refractivity (Wildman–Crippen MR) is 66.5 cm³/mol. The maximum Gasteiger partial charge on any atom is 0.451 e. The van der Waals surface area contributed by atoms with E-state index in [2.05, 4.69) is 15.3 Å². The van der Waals surface area contributed by atoms with Crippen molar-refractivity contribution in [1.82, 2.24) is 9.97 Å². The van der Waals surface area contributed by atoms with Crippen molar-refractivity contribution in [1.29, 1.82) is 0 Å². The molecule has 20 heavy (non-hydrogen) atoms. The Balaban J connectivity index is 2.33. The summed E-state index contributed by atoms with van der Waals surface area (Å²) < 4.78 is 50.7. The number of benzene rings is 1. The normalized spacial score (nSPS) is 11.5. The first-order valence-corrected chi connectivity index (χ1v) is 5.78. The maximum atomic E-state index is 13.1. The second-order valence-corrected chi connectivity index (χ2v) is 4.37. The maximum absolute atomic E-state index is 13.1. The Bertz CT molecular complexity index is 643. The fraction of sp³-hybridized carbons (Fsp3) is 0.167. The molecule has 1 aromatic heterocycles. The van der Waals surface area contributed by atoms with Crippen LogP contribution in [-0.4, -0.2) is 9.97 Å². The summed E-state index contributed by atoms with van der Waals surface area (Å²) in [5, 5.41) is 2.28. The van der Waals surface area contributed by atoms with Gasteiger partial charge in [-0.1, -0.05) is 11.6 Å². The summed E-state index contributed by atoms with van der Waals surface area (Å²) in [5.74, 6) is -1.87. The summed E-state index contributed by atoms with van der Waals surface area (Å²) in [7, 11) is 0. The van der Waals surface area contributed by atoms with Gasteiger partial charge in [-0.05, 0) is 30.7 Å². The number of aromatic nitrogens is 2. The van der Waals surface area contributed by atoms with E-state index in [1.807, 2.05) is 0 Å². The van der Waals surface area contributed by atoms with Crippen molar-refractivity contribution in [2.45, 2.75) is 13.1 Å². The second kappa shape index (κ2) is 5.24. The number of nitrogens with one attached hydrogen (secondary N) is 1. The molecule has 0 saturated carbocycles. The Kier molecular flexibility index (Phi) is 3.80. The molecule has 2 rings (SSSR count).